The first-order valence-electron chi connectivity index (χ1n) is 3.83. The van der Waals surface area contributed by atoms with Gasteiger partial charge in [0.15, 0.2) is 15.1 Å². The molecule has 0 fully saturated rings. The van der Waals surface area contributed by atoms with E-state index in [0.717, 1.165) is 11.8 Å². The van der Waals surface area contributed by atoms with Crippen LogP contribution in [-0.2, 0) is 19.4 Å². The smallest absolute Gasteiger partial charge is 0.321 e. The van der Waals surface area contributed by atoms with Crippen LogP contribution in [0.3, 0.4) is 0 Å². The molecule has 0 heterocycles. The number of nitrogens with zero attached hydrogens (tertiary/aromatic N) is 1. The highest BCUT2D eigenvalue weighted by atomic mass is 32.2. The quantitative estimate of drug-likeness (QED) is 0.657. The van der Waals surface area contributed by atoms with Crippen LogP contribution in [0, 0.1) is 0 Å². The first-order chi connectivity index (χ1) is 6.18. The third-order valence-corrected chi connectivity index (χ3v) is 3.64. The van der Waals surface area contributed by atoms with E-state index in [0.29, 0.717) is 0 Å². The number of carbonyl (C=O) groups is 2. The van der Waals surface area contributed by atoms with Crippen molar-refractivity contribution in [2.75, 3.05) is 19.8 Å². The summed E-state index contributed by atoms with van der Waals surface area (Å²) in [5.74, 6) is -2.84. The molecule has 6 nitrogen and oxygen atoms in total. The predicted molar refractivity (Wildman–Crippen MR) is 49.6 cm³/mol. The highest BCUT2D eigenvalue weighted by molar-refractivity contribution is 7.93. The van der Waals surface area contributed by atoms with E-state index in [4.69, 9.17) is 5.11 Å². The fourth-order valence-electron chi connectivity index (χ4n) is 0.580. The van der Waals surface area contributed by atoms with Gasteiger partial charge in [0.2, 0.25) is 5.91 Å². The number of carboxylic acid groups (broad SMARTS) is 1. The van der Waals surface area contributed by atoms with Crippen LogP contribution in [0.2, 0.25) is 0 Å². The minimum absolute atomic E-state index is 0.627. The molecule has 1 N–H and O–H groups in total. The molecular formula is C7H13NO5S. The van der Waals surface area contributed by atoms with Gasteiger partial charge in [-0.05, 0) is 6.92 Å². The maximum atomic E-state index is 11.3. The molecule has 1 amide bonds. The normalized spacial score (nSPS) is 13.4. The Morgan fingerprint density at radius 2 is 1.79 bits per heavy atom. The molecule has 7 heteroatoms. The van der Waals surface area contributed by atoms with Crippen molar-refractivity contribution in [1.29, 1.82) is 0 Å². The second-order valence-electron chi connectivity index (χ2n) is 3.08. The first-order valence-corrected chi connectivity index (χ1v) is 5.54. The van der Waals surface area contributed by atoms with Crippen LogP contribution in [0.15, 0.2) is 0 Å². The van der Waals surface area contributed by atoms with Crippen LogP contribution in [-0.4, -0.2) is 55.4 Å². The lowest BCUT2D eigenvalue weighted by molar-refractivity contribution is -0.136. The molecule has 0 aromatic carbocycles. The van der Waals surface area contributed by atoms with E-state index in [1.807, 2.05) is 0 Å². The van der Waals surface area contributed by atoms with Gasteiger partial charge in [0, 0.05) is 14.1 Å². The van der Waals surface area contributed by atoms with Crippen molar-refractivity contribution in [2.45, 2.75) is 12.2 Å². The second kappa shape index (κ2) is 4.41. The van der Waals surface area contributed by atoms with Gasteiger partial charge in [-0.3, -0.25) is 9.59 Å². The van der Waals surface area contributed by atoms with Crippen LogP contribution in [0.1, 0.15) is 6.92 Å². The van der Waals surface area contributed by atoms with Crippen molar-refractivity contribution >= 4 is 21.7 Å². The largest absolute Gasteiger partial charge is 0.480 e. The van der Waals surface area contributed by atoms with Crippen molar-refractivity contribution < 1.29 is 23.1 Å². The SMILES string of the molecule is CC(C(=O)O)S(=O)(=O)CC(=O)N(C)C. The first kappa shape index (κ1) is 12.9. The van der Waals surface area contributed by atoms with Crippen molar-refractivity contribution in [3.8, 4) is 0 Å². The number of aliphatic carboxylic acids is 1. The molecule has 0 rings (SSSR count). The molecule has 0 aromatic heterocycles. The summed E-state index contributed by atoms with van der Waals surface area (Å²) in [6.45, 7) is 1.04. The molecule has 1 unspecified atom stereocenters. The molecule has 82 valence electrons. The fraction of sp³-hybridized carbons (Fsp3) is 0.714. The number of sulfone groups is 1. The third-order valence-electron chi connectivity index (χ3n) is 1.71. The Balaban J connectivity index is 4.67. The van der Waals surface area contributed by atoms with Crippen molar-refractivity contribution in [3.05, 3.63) is 0 Å². The Kier molecular flexibility index (Phi) is 4.06. The molecule has 0 saturated carbocycles. The summed E-state index contributed by atoms with van der Waals surface area (Å²) < 4.78 is 22.5. The number of hydrogen-bond acceptors (Lipinski definition) is 4. The summed E-state index contributed by atoms with van der Waals surface area (Å²) in [7, 11) is -1.08. The van der Waals surface area contributed by atoms with Crippen molar-refractivity contribution in [3.63, 3.8) is 0 Å². The number of amides is 1. The zero-order chi connectivity index (χ0) is 11.5. The molecule has 0 aliphatic heterocycles. The molecule has 0 aliphatic rings. The van der Waals surface area contributed by atoms with Gasteiger partial charge in [-0.2, -0.15) is 0 Å². The number of carboxylic acids is 1. The van der Waals surface area contributed by atoms with Gasteiger partial charge in [0.25, 0.3) is 0 Å². The average molecular weight is 223 g/mol. The Morgan fingerprint density at radius 1 is 1.36 bits per heavy atom. The summed E-state index contributed by atoms with van der Waals surface area (Å²) in [5, 5.41) is 6.92. The summed E-state index contributed by atoms with van der Waals surface area (Å²) in [6, 6.07) is 0. The van der Waals surface area contributed by atoms with E-state index in [1.54, 1.807) is 0 Å². The minimum atomic E-state index is -3.89. The number of rotatable bonds is 4. The molecule has 0 bridgehead atoms. The van der Waals surface area contributed by atoms with Crippen molar-refractivity contribution in [1.82, 2.24) is 4.90 Å². The predicted octanol–water partition coefficient (Wildman–Crippen LogP) is -1.04. The average Bonchev–Trinajstić information content (AvgIpc) is 2.01. The Bertz CT molecular complexity index is 332. The highest BCUT2D eigenvalue weighted by Gasteiger charge is 2.30. The summed E-state index contributed by atoms with van der Waals surface area (Å²) >= 11 is 0. The Morgan fingerprint density at radius 3 is 2.07 bits per heavy atom. The van der Waals surface area contributed by atoms with Gasteiger partial charge in [0.05, 0.1) is 0 Å². The second-order valence-corrected chi connectivity index (χ2v) is 5.40. The van der Waals surface area contributed by atoms with Crippen molar-refractivity contribution in [2.24, 2.45) is 0 Å². The number of hydrogen-bond donors (Lipinski definition) is 1. The van der Waals surface area contributed by atoms with E-state index in [9.17, 15) is 18.0 Å². The van der Waals surface area contributed by atoms with E-state index < -0.39 is 32.7 Å². The Labute approximate surface area is 82.4 Å². The topological polar surface area (TPSA) is 91.7 Å². The lowest BCUT2D eigenvalue weighted by Gasteiger charge is -2.12. The van der Waals surface area contributed by atoms with Gasteiger partial charge in [0.1, 0.15) is 5.75 Å². The molecule has 0 aromatic rings. The van der Waals surface area contributed by atoms with Crippen LogP contribution >= 0.6 is 0 Å². The van der Waals surface area contributed by atoms with Gasteiger partial charge in [-0.15, -0.1) is 0 Å². The Hall–Kier alpha value is -1.11. The summed E-state index contributed by atoms with van der Waals surface area (Å²) in [4.78, 5) is 22.5. The number of carbonyl (C=O) groups excluding carboxylic acids is 1. The standard InChI is InChI=1S/C7H13NO5S/c1-5(7(10)11)14(12,13)4-6(9)8(2)3/h5H,4H2,1-3H3,(H,10,11). The fourth-order valence-corrected chi connectivity index (χ4v) is 1.74. The van der Waals surface area contributed by atoms with Crippen LogP contribution < -0.4 is 0 Å². The molecule has 0 aliphatic carbocycles. The summed E-state index contributed by atoms with van der Waals surface area (Å²) in [5.41, 5.74) is 0. The molecule has 0 saturated heterocycles. The van der Waals surface area contributed by atoms with Gasteiger partial charge in [-0.1, -0.05) is 0 Å². The zero-order valence-electron chi connectivity index (χ0n) is 8.22. The lowest BCUT2D eigenvalue weighted by atomic mass is 10.5. The van der Waals surface area contributed by atoms with Crippen LogP contribution in [0.4, 0.5) is 0 Å². The molecule has 14 heavy (non-hydrogen) atoms. The lowest BCUT2D eigenvalue weighted by Crippen LogP contribution is -2.36. The van der Waals surface area contributed by atoms with E-state index >= 15 is 0 Å². The van der Waals surface area contributed by atoms with E-state index in [-0.39, 0.29) is 0 Å². The maximum Gasteiger partial charge on any atom is 0.321 e. The summed E-state index contributed by atoms with van der Waals surface area (Å²) in [6.07, 6.45) is 0. The highest BCUT2D eigenvalue weighted by Crippen LogP contribution is 2.03. The third kappa shape index (κ3) is 3.33. The molecule has 1 atom stereocenters. The van der Waals surface area contributed by atoms with Crippen LogP contribution in [0.5, 0.6) is 0 Å². The zero-order valence-corrected chi connectivity index (χ0v) is 9.04. The molecule has 0 spiro atoms. The van der Waals surface area contributed by atoms with E-state index in [1.165, 1.54) is 14.1 Å². The monoisotopic (exact) mass is 223 g/mol. The molecule has 0 radical (unpaired) electrons. The molecular weight excluding hydrogens is 210 g/mol. The van der Waals surface area contributed by atoms with Gasteiger partial charge in [-0.25, -0.2) is 8.42 Å². The van der Waals surface area contributed by atoms with Crippen LogP contribution in [0.25, 0.3) is 0 Å². The minimum Gasteiger partial charge on any atom is -0.480 e. The van der Waals surface area contributed by atoms with Gasteiger partial charge >= 0.3 is 5.97 Å². The van der Waals surface area contributed by atoms with E-state index in [2.05, 4.69) is 0 Å². The van der Waals surface area contributed by atoms with Gasteiger partial charge < -0.3 is 10.0 Å². The maximum absolute atomic E-state index is 11.3.